The lowest BCUT2D eigenvalue weighted by molar-refractivity contribution is -0.123. The molecular weight excluding hydrogens is 631 g/mol. The number of H-pyrrole nitrogens is 2. The molecule has 6 aromatic rings. The number of carbonyl (C=O) groups is 1. The summed E-state index contributed by atoms with van der Waals surface area (Å²) in [5, 5.41) is 27.1. The molecule has 0 saturated heterocycles. The predicted molar refractivity (Wildman–Crippen MR) is 168 cm³/mol. The van der Waals surface area contributed by atoms with E-state index in [-0.39, 0.29) is 12.2 Å². The summed E-state index contributed by atoms with van der Waals surface area (Å²) in [7, 11) is 0. The third-order valence-corrected chi connectivity index (χ3v) is 9.77. The molecule has 2 fully saturated rings. The van der Waals surface area contributed by atoms with Gasteiger partial charge in [-0.05, 0) is 49.7 Å². The molecule has 0 radical (unpaired) electrons. The number of hydrogen-bond acceptors (Lipinski definition) is 8. The lowest BCUT2D eigenvalue weighted by atomic mass is 9.93. The van der Waals surface area contributed by atoms with E-state index in [2.05, 4.69) is 75.1 Å². The molecule has 6 aromatic heterocycles. The first-order valence-electron chi connectivity index (χ1n) is 16.2. The van der Waals surface area contributed by atoms with Crippen LogP contribution < -0.4 is 5.32 Å². The van der Waals surface area contributed by atoms with Crippen molar-refractivity contribution in [3.8, 4) is 0 Å². The number of alkyl halides is 3. The molecule has 0 spiro atoms. The summed E-state index contributed by atoms with van der Waals surface area (Å²) in [5.74, 6) is 3.71. The van der Waals surface area contributed by atoms with Gasteiger partial charge in [0.2, 0.25) is 0 Å². The number of rotatable bonds is 7. The zero-order chi connectivity index (χ0) is 33.6. The van der Waals surface area contributed by atoms with Gasteiger partial charge in [0, 0.05) is 24.2 Å². The highest BCUT2D eigenvalue weighted by atomic mass is 19.4. The number of amides is 1. The molecule has 4 N–H and O–H groups in total. The second kappa shape index (κ2) is 12.7. The lowest BCUT2D eigenvalue weighted by Gasteiger charge is -2.18. The fourth-order valence-electron chi connectivity index (χ4n) is 7.63. The molecule has 17 heteroatoms. The van der Waals surface area contributed by atoms with Gasteiger partial charge in [0.15, 0.2) is 22.6 Å². The van der Waals surface area contributed by atoms with Gasteiger partial charge in [-0.25, -0.2) is 14.8 Å². The number of fused-ring (bicyclic) bond motifs is 6. The van der Waals surface area contributed by atoms with Crippen LogP contribution in [0.3, 0.4) is 0 Å². The summed E-state index contributed by atoms with van der Waals surface area (Å²) in [4.78, 5) is 24.8. The molecule has 14 nitrogen and oxygen atoms in total. The monoisotopic (exact) mass is 667 g/mol. The first-order valence-corrected chi connectivity index (χ1v) is 16.2. The van der Waals surface area contributed by atoms with Gasteiger partial charge >= 0.3 is 12.3 Å². The van der Waals surface area contributed by atoms with Crippen LogP contribution in [0.4, 0.5) is 18.0 Å². The van der Waals surface area contributed by atoms with Crippen molar-refractivity contribution in [2.24, 2.45) is 11.8 Å². The number of nitrogens with one attached hydrogen (secondary N) is 3. The quantitative estimate of drug-likeness (QED) is 0.169. The van der Waals surface area contributed by atoms with E-state index in [9.17, 15) is 18.0 Å². The third-order valence-electron chi connectivity index (χ3n) is 9.77. The molecule has 0 bridgehead atoms. The average Bonchev–Trinajstić information content (AvgIpc) is 3.89. The number of aromatic nitrogens is 10. The van der Waals surface area contributed by atoms with Crippen LogP contribution in [0.5, 0.6) is 0 Å². The first kappa shape index (κ1) is 31.8. The zero-order valence-electron chi connectivity index (χ0n) is 26.4. The number of aromatic amines is 2. The Labute approximate surface area is 271 Å². The van der Waals surface area contributed by atoms with Crippen LogP contribution in [0.25, 0.3) is 33.6 Å². The average molecular weight is 668 g/mol. The van der Waals surface area contributed by atoms with Gasteiger partial charge in [-0.1, -0.05) is 26.7 Å². The fourth-order valence-corrected chi connectivity index (χ4v) is 7.63. The van der Waals surface area contributed by atoms with Gasteiger partial charge in [0.1, 0.15) is 18.2 Å². The maximum atomic E-state index is 11.1. The van der Waals surface area contributed by atoms with Crippen LogP contribution >= 0.6 is 0 Å². The summed E-state index contributed by atoms with van der Waals surface area (Å²) in [6.45, 7) is 3.06. The van der Waals surface area contributed by atoms with E-state index in [0.717, 1.165) is 83.8 Å². The standard InChI is InChI=1S/C28H32N10O.C3H4F3NO2/c1-3-15-9-17(11-19(15)27-35-33-23-13-31-25-21(37(23)27)5-7-29-25)39-18-10-16(4-2)20(12-18)28-36-34-24-14-32-26-22(38(24)28)6-8-30-26;4-3(5,6)1-7-2(8)9/h5-8,13-20,29-30H,3-4,9-12H2,1-2H3;7H,1H2,(H,8,9)/t15-,16-,17-,18-,19+,20+;/m1./s1. The third kappa shape index (κ3) is 6.02. The molecule has 6 atom stereocenters. The van der Waals surface area contributed by atoms with Gasteiger partial charge in [-0.15, -0.1) is 20.4 Å². The molecule has 8 rings (SSSR count). The fraction of sp³-hybridized carbons (Fsp3) is 0.516. The minimum Gasteiger partial charge on any atom is -0.465 e. The van der Waals surface area contributed by atoms with E-state index >= 15 is 0 Å². The zero-order valence-corrected chi connectivity index (χ0v) is 26.4. The van der Waals surface area contributed by atoms with Crippen LogP contribution in [-0.2, 0) is 4.74 Å². The topological polar surface area (TPSA) is 176 Å². The van der Waals surface area contributed by atoms with Crippen molar-refractivity contribution < 1.29 is 27.8 Å². The van der Waals surface area contributed by atoms with Crippen molar-refractivity contribution in [2.75, 3.05) is 6.54 Å². The molecule has 1 amide bonds. The van der Waals surface area contributed by atoms with Gasteiger partial charge in [0.05, 0.1) is 35.6 Å². The highest BCUT2D eigenvalue weighted by Gasteiger charge is 2.43. The van der Waals surface area contributed by atoms with Crippen LogP contribution in [0, 0.1) is 11.8 Å². The van der Waals surface area contributed by atoms with E-state index in [0.29, 0.717) is 23.7 Å². The van der Waals surface area contributed by atoms with Gasteiger partial charge < -0.3 is 25.1 Å². The van der Waals surface area contributed by atoms with Crippen LogP contribution in [0.2, 0.25) is 0 Å². The molecule has 0 aromatic carbocycles. The number of carboxylic acid groups (broad SMARTS) is 1. The van der Waals surface area contributed by atoms with Crippen molar-refractivity contribution in [3.63, 3.8) is 0 Å². The molecule has 6 heterocycles. The molecular formula is C31H36F3N11O3. The Morgan fingerprint density at radius 3 is 1.73 bits per heavy atom. The van der Waals surface area contributed by atoms with Crippen LogP contribution in [0.1, 0.15) is 75.9 Å². The molecule has 0 aliphatic heterocycles. The van der Waals surface area contributed by atoms with Crippen molar-refractivity contribution in [1.82, 2.24) is 54.4 Å². The Morgan fingerprint density at radius 1 is 0.854 bits per heavy atom. The van der Waals surface area contributed by atoms with E-state index in [1.807, 2.05) is 12.4 Å². The van der Waals surface area contributed by atoms with Crippen LogP contribution in [0.15, 0.2) is 36.9 Å². The molecule has 2 saturated carbocycles. The van der Waals surface area contributed by atoms with Gasteiger partial charge in [-0.3, -0.25) is 8.80 Å². The SMILES string of the molecule is CC[C@@H]1C[C@@H](O[C@@H]2C[C@@H](CC)[C@@H](c3nnc4cnc5[nH]ccc5n34)C2)C[C@@H]1c1nnc2cnc3[nH]ccc3n12.O=C(O)NCC(F)(F)F. The van der Waals surface area contributed by atoms with Crippen molar-refractivity contribution in [2.45, 2.75) is 82.6 Å². The molecule has 2 aliphatic rings. The largest absolute Gasteiger partial charge is 0.465 e. The Bertz CT molecular complexity index is 1920. The van der Waals surface area contributed by atoms with Crippen molar-refractivity contribution >= 4 is 39.7 Å². The highest BCUT2D eigenvalue weighted by molar-refractivity contribution is 5.75. The minimum atomic E-state index is -4.46. The molecule has 2 aliphatic carbocycles. The maximum absolute atomic E-state index is 11.1. The Balaban J connectivity index is 0.000000359. The van der Waals surface area contributed by atoms with Crippen molar-refractivity contribution in [1.29, 1.82) is 0 Å². The Kier molecular flexibility index (Phi) is 8.39. The number of nitrogens with zero attached hydrogens (tertiary/aromatic N) is 8. The second-order valence-corrected chi connectivity index (χ2v) is 12.6. The first-order chi connectivity index (χ1) is 23.1. The van der Waals surface area contributed by atoms with E-state index in [1.165, 1.54) is 5.32 Å². The summed E-state index contributed by atoms with van der Waals surface area (Å²) in [6.07, 6.45) is 7.98. The number of hydrogen-bond donors (Lipinski definition) is 4. The van der Waals surface area contributed by atoms with Crippen LogP contribution in [-0.4, -0.2) is 85.3 Å². The van der Waals surface area contributed by atoms with Gasteiger partial charge in [-0.2, -0.15) is 13.2 Å². The smallest absolute Gasteiger partial charge is 0.405 e. The lowest BCUT2D eigenvalue weighted by Crippen LogP contribution is -2.32. The van der Waals surface area contributed by atoms with E-state index in [4.69, 9.17) is 9.84 Å². The van der Waals surface area contributed by atoms with Gasteiger partial charge in [0.25, 0.3) is 0 Å². The number of ether oxygens (including phenoxy) is 1. The molecule has 254 valence electrons. The summed E-state index contributed by atoms with van der Waals surface area (Å²) in [6, 6.07) is 4.11. The summed E-state index contributed by atoms with van der Waals surface area (Å²) in [5.41, 5.74) is 5.38. The normalized spacial score (nSPS) is 24.5. The number of halogens is 3. The summed E-state index contributed by atoms with van der Waals surface area (Å²) >= 11 is 0. The second-order valence-electron chi connectivity index (χ2n) is 12.6. The predicted octanol–water partition coefficient (Wildman–Crippen LogP) is 5.60. The summed E-state index contributed by atoms with van der Waals surface area (Å²) < 4.78 is 44.5. The highest BCUT2D eigenvalue weighted by Crippen LogP contribution is 2.47. The molecule has 48 heavy (non-hydrogen) atoms. The Hall–Kier alpha value is -4.80. The van der Waals surface area contributed by atoms with Crippen molar-refractivity contribution in [3.05, 3.63) is 48.6 Å². The Morgan fingerprint density at radius 2 is 1.33 bits per heavy atom. The maximum Gasteiger partial charge on any atom is 0.405 e. The minimum absolute atomic E-state index is 0.216. The van der Waals surface area contributed by atoms with E-state index < -0.39 is 18.8 Å². The van der Waals surface area contributed by atoms with E-state index in [1.54, 1.807) is 12.4 Å². The molecule has 0 unspecified atom stereocenters.